The van der Waals surface area contributed by atoms with E-state index in [-0.39, 0.29) is 11.4 Å². The lowest BCUT2D eigenvalue weighted by atomic mass is 10.1. The van der Waals surface area contributed by atoms with E-state index in [1.807, 2.05) is 39.1 Å². The van der Waals surface area contributed by atoms with Crippen LogP contribution in [-0.4, -0.2) is 28.7 Å². The molecule has 1 rings (SSSR count). The van der Waals surface area contributed by atoms with Crippen molar-refractivity contribution in [2.75, 3.05) is 12.4 Å². The lowest BCUT2D eigenvalue weighted by molar-refractivity contribution is 0.0663. The van der Waals surface area contributed by atoms with Crippen LogP contribution in [0.3, 0.4) is 0 Å². The molecule has 0 atom stereocenters. The molecule has 17 heavy (non-hydrogen) atoms. The van der Waals surface area contributed by atoms with Gasteiger partial charge in [0.05, 0.1) is 0 Å². The molecular weight excluding hydrogens is 414 g/mol. The monoisotopic (exact) mass is 425 g/mol. The molecule has 0 aliphatic carbocycles. The second-order valence-corrected chi connectivity index (χ2v) is 6.86. The fourth-order valence-electron chi connectivity index (χ4n) is 1.24. The Labute approximate surface area is 127 Å². The standard InChI is InChI=1S/C12H14Br3NO/c1-12(2,7-13)16(3)11(17)8-4-9(14)6-10(15)5-8/h4-6H,7H2,1-3H3. The van der Waals surface area contributed by atoms with Gasteiger partial charge in [-0.2, -0.15) is 0 Å². The van der Waals surface area contributed by atoms with Crippen molar-refractivity contribution in [1.82, 2.24) is 4.90 Å². The van der Waals surface area contributed by atoms with Crippen LogP contribution in [0.15, 0.2) is 27.1 Å². The van der Waals surface area contributed by atoms with Crippen molar-refractivity contribution in [2.45, 2.75) is 19.4 Å². The third-order valence-electron chi connectivity index (χ3n) is 2.65. The summed E-state index contributed by atoms with van der Waals surface area (Å²) in [4.78, 5) is 14.1. The van der Waals surface area contributed by atoms with Crippen molar-refractivity contribution < 1.29 is 4.79 Å². The van der Waals surface area contributed by atoms with Gasteiger partial charge in [-0.15, -0.1) is 0 Å². The third-order valence-corrected chi connectivity index (χ3v) is 4.94. The Hall–Kier alpha value is 0.130. The van der Waals surface area contributed by atoms with Gasteiger partial charge in [-0.05, 0) is 32.0 Å². The highest BCUT2D eigenvalue weighted by Crippen LogP contribution is 2.23. The minimum atomic E-state index is -0.216. The molecule has 1 aromatic carbocycles. The first-order valence-electron chi connectivity index (χ1n) is 5.08. The minimum Gasteiger partial charge on any atom is -0.336 e. The van der Waals surface area contributed by atoms with E-state index >= 15 is 0 Å². The highest BCUT2D eigenvalue weighted by molar-refractivity contribution is 9.11. The molecule has 0 heterocycles. The molecule has 1 amide bonds. The first-order valence-corrected chi connectivity index (χ1v) is 7.79. The predicted molar refractivity (Wildman–Crippen MR) is 81.8 cm³/mol. The number of hydrogen-bond acceptors (Lipinski definition) is 1. The van der Waals surface area contributed by atoms with E-state index in [4.69, 9.17) is 0 Å². The molecule has 0 aliphatic heterocycles. The van der Waals surface area contributed by atoms with Crippen molar-refractivity contribution in [1.29, 1.82) is 0 Å². The molecule has 1 aromatic rings. The fourth-order valence-corrected chi connectivity index (χ4v) is 2.91. The van der Waals surface area contributed by atoms with Crippen LogP contribution >= 0.6 is 47.8 Å². The van der Waals surface area contributed by atoms with E-state index in [0.29, 0.717) is 5.56 Å². The van der Waals surface area contributed by atoms with Gasteiger partial charge in [0.25, 0.3) is 5.91 Å². The lowest BCUT2D eigenvalue weighted by Gasteiger charge is -2.34. The van der Waals surface area contributed by atoms with Crippen molar-refractivity contribution in [3.8, 4) is 0 Å². The summed E-state index contributed by atoms with van der Waals surface area (Å²) in [7, 11) is 1.82. The van der Waals surface area contributed by atoms with Crippen molar-refractivity contribution in [2.24, 2.45) is 0 Å². The first-order chi connectivity index (χ1) is 7.77. The number of amides is 1. The quantitative estimate of drug-likeness (QED) is 0.652. The molecule has 0 spiro atoms. The molecule has 0 N–H and O–H groups in total. The molecule has 0 fully saturated rings. The van der Waals surface area contributed by atoms with Crippen LogP contribution < -0.4 is 0 Å². The van der Waals surface area contributed by atoms with E-state index in [2.05, 4.69) is 47.8 Å². The number of benzene rings is 1. The smallest absolute Gasteiger partial charge is 0.254 e. The summed E-state index contributed by atoms with van der Waals surface area (Å²) in [5, 5.41) is 0.734. The summed E-state index contributed by atoms with van der Waals surface area (Å²) in [6, 6.07) is 5.56. The maximum atomic E-state index is 12.3. The third kappa shape index (κ3) is 3.80. The van der Waals surface area contributed by atoms with Gasteiger partial charge in [0, 0.05) is 32.4 Å². The fraction of sp³-hybridized carbons (Fsp3) is 0.417. The summed E-state index contributed by atoms with van der Waals surface area (Å²) in [6.45, 7) is 4.04. The van der Waals surface area contributed by atoms with Crippen LogP contribution in [0, 0.1) is 0 Å². The summed E-state index contributed by atoms with van der Waals surface area (Å²) >= 11 is 10.2. The average Bonchev–Trinajstić information content (AvgIpc) is 2.25. The predicted octanol–water partition coefficient (Wildman–Crippen LogP) is 4.46. The van der Waals surface area contributed by atoms with Gasteiger partial charge < -0.3 is 4.90 Å². The second-order valence-electron chi connectivity index (χ2n) is 4.47. The second kappa shape index (κ2) is 5.85. The highest BCUT2D eigenvalue weighted by Gasteiger charge is 2.27. The van der Waals surface area contributed by atoms with Crippen molar-refractivity contribution in [3.05, 3.63) is 32.7 Å². The maximum absolute atomic E-state index is 12.3. The van der Waals surface area contributed by atoms with Crippen LogP contribution in [0.4, 0.5) is 0 Å². The topological polar surface area (TPSA) is 20.3 Å². The zero-order chi connectivity index (χ0) is 13.2. The highest BCUT2D eigenvalue weighted by atomic mass is 79.9. The zero-order valence-electron chi connectivity index (χ0n) is 9.93. The van der Waals surface area contributed by atoms with E-state index in [0.717, 1.165) is 14.3 Å². The molecule has 0 saturated carbocycles. The van der Waals surface area contributed by atoms with Gasteiger partial charge in [-0.1, -0.05) is 47.8 Å². The molecule has 94 valence electrons. The molecule has 5 heteroatoms. The van der Waals surface area contributed by atoms with Gasteiger partial charge in [-0.3, -0.25) is 4.79 Å². The van der Waals surface area contributed by atoms with Gasteiger partial charge in [0.1, 0.15) is 0 Å². The molecule has 2 nitrogen and oxygen atoms in total. The van der Waals surface area contributed by atoms with Crippen LogP contribution in [-0.2, 0) is 0 Å². The number of rotatable bonds is 3. The Morgan fingerprint density at radius 3 is 2.12 bits per heavy atom. The Kier molecular flexibility index (Phi) is 5.22. The molecule has 0 saturated heterocycles. The van der Waals surface area contributed by atoms with Gasteiger partial charge in [0.2, 0.25) is 0 Å². The Bertz CT molecular complexity index is 412. The van der Waals surface area contributed by atoms with E-state index in [1.165, 1.54) is 0 Å². The number of carbonyl (C=O) groups is 1. The average molecular weight is 428 g/mol. The van der Waals surface area contributed by atoms with Crippen LogP contribution in [0.2, 0.25) is 0 Å². The SMILES string of the molecule is CN(C(=O)c1cc(Br)cc(Br)c1)C(C)(C)CBr. The maximum Gasteiger partial charge on any atom is 0.254 e. The number of alkyl halides is 1. The van der Waals surface area contributed by atoms with Gasteiger partial charge in [-0.25, -0.2) is 0 Å². The van der Waals surface area contributed by atoms with Crippen molar-refractivity contribution in [3.63, 3.8) is 0 Å². The van der Waals surface area contributed by atoms with E-state index in [1.54, 1.807) is 4.90 Å². The lowest BCUT2D eigenvalue weighted by Crippen LogP contribution is -2.46. The Morgan fingerprint density at radius 1 is 1.24 bits per heavy atom. The Morgan fingerprint density at radius 2 is 1.71 bits per heavy atom. The van der Waals surface area contributed by atoms with Gasteiger partial charge in [0.15, 0.2) is 0 Å². The summed E-state index contributed by atoms with van der Waals surface area (Å²) in [5.41, 5.74) is 0.453. The minimum absolute atomic E-state index is 0.0106. The number of nitrogens with zero attached hydrogens (tertiary/aromatic N) is 1. The molecular formula is C12H14Br3NO. The number of halogens is 3. The number of hydrogen-bond donors (Lipinski definition) is 0. The van der Waals surface area contributed by atoms with Gasteiger partial charge >= 0.3 is 0 Å². The summed E-state index contributed by atoms with van der Waals surface area (Å²) < 4.78 is 1.78. The largest absolute Gasteiger partial charge is 0.336 e. The molecule has 0 radical (unpaired) electrons. The van der Waals surface area contributed by atoms with Crippen LogP contribution in [0.5, 0.6) is 0 Å². The van der Waals surface area contributed by atoms with Crippen LogP contribution in [0.1, 0.15) is 24.2 Å². The molecule has 0 aliphatic rings. The van der Waals surface area contributed by atoms with E-state index < -0.39 is 0 Å². The summed E-state index contributed by atoms with van der Waals surface area (Å²) in [5.74, 6) is 0.0106. The Balaban J connectivity index is 3.04. The normalized spacial score (nSPS) is 11.4. The molecule has 0 unspecified atom stereocenters. The summed E-state index contributed by atoms with van der Waals surface area (Å²) in [6.07, 6.45) is 0. The van der Waals surface area contributed by atoms with Crippen LogP contribution in [0.25, 0.3) is 0 Å². The molecule has 0 aromatic heterocycles. The van der Waals surface area contributed by atoms with E-state index in [9.17, 15) is 4.79 Å². The zero-order valence-corrected chi connectivity index (χ0v) is 14.7. The number of carbonyl (C=O) groups excluding carboxylic acids is 1. The van der Waals surface area contributed by atoms with Crippen molar-refractivity contribution >= 4 is 53.7 Å². The molecule has 0 bridgehead atoms. The first kappa shape index (κ1) is 15.2.